The molecular formula is C9H11BrN2O3S. The lowest BCUT2D eigenvalue weighted by molar-refractivity contribution is -0.139. The van der Waals surface area contributed by atoms with Gasteiger partial charge in [0.15, 0.2) is 0 Å². The van der Waals surface area contributed by atoms with Crippen molar-refractivity contribution >= 4 is 39.1 Å². The molecule has 16 heavy (non-hydrogen) atoms. The van der Waals surface area contributed by atoms with Gasteiger partial charge < -0.3 is 10.1 Å². The minimum atomic E-state index is -0.541. The Bertz CT molecular complexity index is 394. The van der Waals surface area contributed by atoms with Gasteiger partial charge in [-0.3, -0.25) is 9.59 Å². The molecule has 1 amide bonds. The summed E-state index contributed by atoms with van der Waals surface area (Å²) in [6, 6.07) is 0. The molecule has 0 aliphatic carbocycles. The summed E-state index contributed by atoms with van der Waals surface area (Å²) in [4.78, 5) is 26.1. The fourth-order valence-corrected chi connectivity index (χ4v) is 1.89. The topological polar surface area (TPSA) is 68.3 Å². The molecule has 5 nitrogen and oxygen atoms in total. The van der Waals surface area contributed by atoms with E-state index < -0.39 is 10.8 Å². The van der Waals surface area contributed by atoms with Crippen LogP contribution in [0.25, 0.3) is 0 Å². The standard InChI is InChI=1S/C9H11BrN2O3S/c1-5-12-7(4-16-5)8(13)11-3-6(10)9(14)15-2/h4,6H,3H2,1-2H3,(H,11,13). The first-order valence-corrected chi connectivity index (χ1v) is 6.26. The van der Waals surface area contributed by atoms with E-state index in [1.54, 1.807) is 5.38 Å². The lowest BCUT2D eigenvalue weighted by Crippen LogP contribution is -2.34. The van der Waals surface area contributed by atoms with Crippen molar-refractivity contribution in [2.45, 2.75) is 11.8 Å². The summed E-state index contributed by atoms with van der Waals surface area (Å²) in [6.07, 6.45) is 0. The molecule has 1 aromatic heterocycles. The molecule has 1 unspecified atom stereocenters. The van der Waals surface area contributed by atoms with Crippen LogP contribution in [0.1, 0.15) is 15.5 Å². The summed E-state index contributed by atoms with van der Waals surface area (Å²) < 4.78 is 4.50. The summed E-state index contributed by atoms with van der Waals surface area (Å²) >= 11 is 4.51. The Morgan fingerprint density at radius 1 is 1.69 bits per heavy atom. The minimum absolute atomic E-state index is 0.169. The van der Waals surface area contributed by atoms with Gasteiger partial charge in [0.2, 0.25) is 0 Å². The predicted octanol–water partition coefficient (Wildman–Crippen LogP) is 1.12. The molecule has 1 N–H and O–H groups in total. The zero-order chi connectivity index (χ0) is 12.1. The Hall–Kier alpha value is -0.950. The summed E-state index contributed by atoms with van der Waals surface area (Å²) in [6.45, 7) is 1.99. The zero-order valence-corrected chi connectivity index (χ0v) is 11.2. The van der Waals surface area contributed by atoms with E-state index in [9.17, 15) is 9.59 Å². The molecule has 0 aliphatic rings. The third-order valence-corrected chi connectivity index (χ3v) is 3.22. The van der Waals surface area contributed by atoms with Gasteiger partial charge in [-0.1, -0.05) is 15.9 Å². The number of ether oxygens (including phenoxy) is 1. The van der Waals surface area contributed by atoms with E-state index in [0.29, 0.717) is 5.69 Å². The number of nitrogens with zero attached hydrogens (tertiary/aromatic N) is 1. The van der Waals surface area contributed by atoms with Crippen molar-refractivity contribution in [3.05, 3.63) is 16.1 Å². The average molecular weight is 307 g/mol. The van der Waals surface area contributed by atoms with Crippen molar-refractivity contribution in [2.75, 3.05) is 13.7 Å². The number of amides is 1. The summed E-state index contributed by atoms with van der Waals surface area (Å²) in [5, 5.41) is 5.08. The molecular weight excluding hydrogens is 296 g/mol. The maximum Gasteiger partial charge on any atom is 0.321 e. The summed E-state index contributed by atoms with van der Waals surface area (Å²) in [7, 11) is 1.29. The molecule has 0 fully saturated rings. The number of methoxy groups -OCH3 is 1. The van der Waals surface area contributed by atoms with E-state index in [1.165, 1.54) is 18.4 Å². The number of hydrogen-bond acceptors (Lipinski definition) is 5. The Balaban J connectivity index is 2.44. The third kappa shape index (κ3) is 3.57. The second kappa shape index (κ2) is 5.95. The smallest absolute Gasteiger partial charge is 0.321 e. The molecule has 1 aromatic rings. The predicted molar refractivity (Wildman–Crippen MR) is 63.9 cm³/mol. The molecule has 0 radical (unpaired) electrons. The molecule has 7 heteroatoms. The van der Waals surface area contributed by atoms with Crippen molar-refractivity contribution in [1.82, 2.24) is 10.3 Å². The molecule has 0 aliphatic heterocycles. The minimum Gasteiger partial charge on any atom is -0.468 e. The molecule has 1 rings (SSSR count). The molecule has 88 valence electrons. The number of hydrogen-bond donors (Lipinski definition) is 1. The molecule has 0 saturated carbocycles. The van der Waals surface area contributed by atoms with Gasteiger partial charge in [0, 0.05) is 11.9 Å². The van der Waals surface area contributed by atoms with Gasteiger partial charge in [-0.25, -0.2) is 4.98 Å². The highest BCUT2D eigenvalue weighted by atomic mass is 79.9. The number of nitrogens with one attached hydrogen (secondary N) is 1. The van der Waals surface area contributed by atoms with Crippen LogP contribution in [-0.4, -0.2) is 35.3 Å². The number of alkyl halides is 1. The maximum absolute atomic E-state index is 11.5. The number of aromatic nitrogens is 1. The Kier molecular flexibility index (Phi) is 4.88. The van der Waals surface area contributed by atoms with Crippen LogP contribution in [-0.2, 0) is 9.53 Å². The van der Waals surface area contributed by atoms with Crippen molar-refractivity contribution in [3.8, 4) is 0 Å². The average Bonchev–Trinajstić information content (AvgIpc) is 2.71. The quantitative estimate of drug-likeness (QED) is 0.668. The molecule has 1 heterocycles. The third-order valence-electron chi connectivity index (χ3n) is 1.75. The summed E-state index contributed by atoms with van der Waals surface area (Å²) in [5.41, 5.74) is 0.368. The number of halogens is 1. The first-order valence-electron chi connectivity index (χ1n) is 4.47. The van der Waals surface area contributed by atoms with Crippen molar-refractivity contribution in [1.29, 1.82) is 0 Å². The normalized spacial score (nSPS) is 11.9. The van der Waals surface area contributed by atoms with Crippen molar-refractivity contribution in [2.24, 2.45) is 0 Å². The Labute approximate surface area is 105 Å². The van der Waals surface area contributed by atoms with Gasteiger partial charge in [0.05, 0.1) is 12.1 Å². The Morgan fingerprint density at radius 3 is 2.88 bits per heavy atom. The lowest BCUT2D eigenvalue weighted by Gasteiger charge is -2.07. The van der Waals surface area contributed by atoms with Gasteiger partial charge >= 0.3 is 5.97 Å². The first-order chi connectivity index (χ1) is 7.54. The number of rotatable bonds is 4. The van der Waals surface area contributed by atoms with Gasteiger partial charge in [0.25, 0.3) is 5.91 Å². The van der Waals surface area contributed by atoms with E-state index >= 15 is 0 Å². The van der Waals surface area contributed by atoms with Crippen LogP contribution >= 0.6 is 27.3 Å². The number of aryl methyl sites for hydroxylation is 1. The zero-order valence-electron chi connectivity index (χ0n) is 8.82. The van der Waals surface area contributed by atoms with E-state index in [-0.39, 0.29) is 12.5 Å². The van der Waals surface area contributed by atoms with Crippen LogP contribution in [0, 0.1) is 6.92 Å². The molecule has 0 spiro atoms. The monoisotopic (exact) mass is 306 g/mol. The van der Waals surface area contributed by atoms with E-state index in [4.69, 9.17) is 0 Å². The second-order valence-electron chi connectivity index (χ2n) is 2.95. The van der Waals surface area contributed by atoms with E-state index in [0.717, 1.165) is 5.01 Å². The lowest BCUT2D eigenvalue weighted by atomic mass is 10.4. The van der Waals surface area contributed by atoms with Crippen LogP contribution in [0.4, 0.5) is 0 Å². The van der Waals surface area contributed by atoms with Crippen molar-refractivity contribution in [3.63, 3.8) is 0 Å². The highest BCUT2D eigenvalue weighted by Crippen LogP contribution is 2.08. The van der Waals surface area contributed by atoms with Gasteiger partial charge in [-0.05, 0) is 6.92 Å². The molecule has 1 atom stereocenters. The Morgan fingerprint density at radius 2 is 2.38 bits per heavy atom. The fraction of sp³-hybridized carbons (Fsp3) is 0.444. The number of carbonyl (C=O) groups excluding carboxylic acids is 2. The van der Waals surface area contributed by atoms with Gasteiger partial charge in [-0.2, -0.15) is 0 Å². The molecule has 0 bridgehead atoms. The SMILES string of the molecule is COC(=O)C(Br)CNC(=O)c1csc(C)n1. The van der Waals surface area contributed by atoms with Gasteiger partial charge in [-0.15, -0.1) is 11.3 Å². The largest absolute Gasteiger partial charge is 0.468 e. The number of thiazole rings is 1. The second-order valence-corrected chi connectivity index (χ2v) is 5.12. The highest BCUT2D eigenvalue weighted by molar-refractivity contribution is 9.10. The van der Waals surface area contributed by atoms with Crippen LogP contribution in [0.3, 0.4) is 0 Å². The molecule has 0 saturated heterocycles. The highest BCUT2D eigenvalue weighted by Gasteiger charge is 2.17. The van der Waals surface area contributed by atoms with Crippen LogP contribution in [0.5, 0.6) is 0 Å². The van der Waals surface area contributed by atoms with E-state index in [1.807, 2.05) is 6.92 Å². The van der Waals surface area contributed by atoms with E-state index in [2.05, 4.69) is 31.0 Å². The van der Waals surface area contributed by atoms with Crippen LogP contribution in [0.15, 0.2) is 5.38 Å². The number of carbonyl (C=O) groups is 2. The van der Waals surface area contributed by atoms with Crippen LogP contribution in [0.2, 0.25) is 0 Å². The summed E-state index contributed by atoms with van der Waals surface area (Å²) in [5.74, 6) is -0.715. The van der Waals surface area contributed by atoms with Gasteiger partial charge in [0.1, 0.15) is 10.5 Å². The van der Waals surface area contributed by atoms with Crippen LogP contribution < -0.4 is 5.32 Å². The first kappa shape index (κ1) is 13.1. The fourth-order valence-electron chi connectivity index (χ4n) is 0.952. The maximum atomic E-state index is 11.5. The number of esters is 1. The molecule has 0 aromatic carbocycles. The van der Waals surface area contributed by atoms with Crippen molar-refractivity contribution < 1.29 is 14.3 Å².